The molecule has 1 aromatic rings. The topological polar surface area (TPSA) is 28.2 Å². The maximum atomic E-state index is 4.30. The molecule has 2 atom stereocenters. The van der Waals surface area contributed by atoms with Crippen molar-refractivity contribution in [3.8, 4) is 0 Å². The van der Waals surface area contributed by atoms with Gasteiger partial charge in [-0.1, -0.05) is 6.92 Å². The van der Waals surface area contributed by atoms with Crippen LogP contribution < -0.4 is 5.32 Å². The molecule has 1 aliphatic rings. The van der Waals surface area contributed by atoms with Crippen molar-refractivity contribution in [2.24, 2.45) is 0 Å². The Bertz CT molecular complexity index is 299. The molecule has 3 nitrogen and oxygen atoms in total. The molecule has 1 saturated heterocycles. The zero-order valence-corrected chi connectivity index (χ0v) is 11.0. The summed E-state index contributed by atoms with van der Waals surface area (Å²) in [5, 5.41) is 5.74. The Kier molecular flexibility index (Phi) is 4.32. The van der Waals surface area contributed by atoms with Crippen molar-refractivity contribution >= 4 is 11.3 Å². The highest BCUT2D eigenvalue weighted by Gasteiger charge is 2.23. The number of likely N-dealkylation sites (tertiary alicyclic amines) is 1. The second kappa shape index (κ2) is 5.75. The third-order valence-corrected chi connectivity index (χ3v) is 4.11. The standard InChI is InChI=1S/C12H21N3S/c1-3-15-5-4-11(6-10(15)2)13-7-12-8-16-9-14-12/h8-11,13H,3-7H2,1-2H3. The molecule has 0 bridgehead atoms. The van der Waals surface area contributed by atoms with Gasteiger partial charge < -0.3 is 10.2 Å². The first-order chi connectivity index (χ1) is 7.79. The first kappa shape index (κ1) is 12.0. The summed E-state index contributed by atoms with van der Waals surface area (Å²) in [4.78, 5) is 6.85. The molecule has 1 N–H and O–H groups in total. The molecular formula is C12H21N3S. The highest BCUT2D eigenvalue weighted by molar-refractivity contribution is 7.07. The van der Waals surface area contributed by atoms with Gasteiger partial charge in [0.1, 0.15) is 0 Å². The van der Waals surface area contributed by atoms with Crippen molar-refractivity contribution in [2.45, 2.75) is 45.3 Å². The van der Waals surface area contributed by atoms with E-state index in [0.717, 1.165) is 6.54 Å². The Morgan fingerprint density at radius 3 is 3.12 bits per heavy atom. The van der Waals surface area contributed by atoms with Crippen LogP contribution in [0, 0.1) is 0 Å². The van der Waals surface area contributed by atoms with Gasteiger partial charge in [-0.25, -0.2) is 4.98 Å². The number of nitrogens with zero attached hydrogens (tertiary/aromatic N) is 2. The van der Waals surface area contributed by atoms with Gasteiger partial charge in [0.05, 0.1) is 11.2 Å². The number of aromatic nitrogens is 1. The molecule has 0 aliphatic carbocycles. The molecule has 0 radical (unpaired) electrons. The van der Waals surface area contributed by atoms with E-state index < -0.39 is 0 Å². The summed E-state index contributed by atoms with van der Waals surface area (Å²) in [6.07, 6.45) is 2.53. The Labute approximate surface area is 102 Å². The van der Waals surface area contributed by atoms with Crippen LogP contribution >= 0.6 is 11.3 Å². The van der Waals surface area contributed by atoms with Crippen LogP contribution in [0.15, 0.2) is 10.9 Å². The summed E-state index contributed by atoms with van der Waals surface area (Å²) in [6.45, 7) is 7.92. The molecule has 1 aromatic heterocycles. The minimum absolute atomic E-state index is 0.666. The van der Waals surface area contributed by atoms with Gasteiger partial charge in [0.2, 0.25) is 0 Å². The molecule has 2 heterocycles. The molecule has 2 unspecified atom stereocenters. The van der Waals surface area contributed by atoms with Crippen LogP contribution in [0.4, 0.5) is 0 Å². The van der Waals surface area contributed by atoms with Crippen LogP contribution in [0.25, 0.3) is 0 Å². The van der Waals surface area contributed by atoms with E-state index in [1.807, 2.05) is 5.51 Å². The number of thiazole rings is 1. The largest absolute Gasteiger partial charge is 0.308 e. The molecule has 16 heavy (non-hydrogen) atoms. The zero-order chi connectivity index (χ0) is 11.4. The van der Waals surface area contributed by atoms with Crippen LogP contribution in [0.5, 0.6) is 0 Å². The lowest BCUT2D eigenvalue weighted by Crippen LogP contribution is -2.47. The SMILES string of the molecule is CCN1CCC(NCc2cscn2)CC1C. The molecule has 1 aliphatic heterocycles. The normalized spacial score (nSPS) is 27.1. The van der Waals surface area contributed by atoms with Gasteiger partial charge in [-0.05, 0) is 32.9 Å². The summed E-state index contributed by atoms with van der Waals surface area (Å²) in [5.41, 5.74) is 3.08. The lowest BCUT2D eigenvalue weighted by atomic mass is 9.98. The lowest BCUT2D eigenvalue weighted by molar-refractivity contribution is 0.142. The molecule has 90 valence electrons. The van der Waals surface area contributed by atoms with E-state index >= 15 is 0 Å². The van der Waals surface area contributed by atoms with Crippen LogP contribution in [-0.2, 0) is 6.54 Å². The van der Waals surface area contributed by atoms with E-state index in [-0.39, 0.29) is 0 Å². The minimum atomic E-state index is 0.666. The van der Waals surface area contributed by atoms with E-state index in [0.29, 0.717) is 12.1 Å². The van der Waals surface area contributed by atoms with E-state index in [1.165, 1.54) is 31.6 Å². The highest BCUT2D eigenvalue weighted by atomic mass is 32.1. The van der Waals surface area contributed by atoms with Gasteiger partial charge in [-0.2, -0.15) is 0 Å². The van der Waals surface area contributed by atoms with E-state index in [1.54, 1.807) is 11.3 Å². The van der Waals surface area contributed by atoms with Crippen molar-refractivity contribution in [1.82, 2.24) is 15.2 Å². The fourth-order valence-corrected chi connectivity index (χ4v) is 3.01. The number of hydrogen-bond acceptors (Lipinski definition) is 4. The van der Waals surface area contributed by atoms with Crippen LogP contribution in [0.3, 0.4) is 0 Å². The molecule has 0 saturated carbocycles. The van der Waals surface area contributed by atoms with Crippen LogP contribution in [0.2, 0.25) is 0 Å². The Balaban J connectivity index is 1.75. The average molecular weight is 239 g/mol. The minimum Gasteiger partial charge on any atom is -0.308 e. The Hall–Kier alpha value is -0.450. The van der Waals surface area contributed by atoms with Gasteiger partial charge in [0, 0.05) is 24.0 Å². The number of rotatable bonds is 4. The quantitative estimate of drug-likeness (QED) is 0.872. The van der Waals surface area contributed by atoms with Gasteiger partial charge in [-0.15, -0.1) is 11.3 Å². The maximum absolute atomic E-state index is 4.30. The molecule has 0 aromatic carbocycles. The summed E-state index contributed by atoms with van der Waals surface area (Å²) < 4.78 is 0. The molecule has 4 heteroatoms. The first-order valence-electron chi connectivity index (χ1n) is 6.14. The van der Waals surface area contributed by atoms with Crippen LogP contribution in [0.1, 0.15) is 32.4 Å². The van der Waals surface area contributed by atoms with Gasteiger partial charge in [0.15, 0.2) is 0 Å². The molecule has 0 amide bonds. The van der Waals surface area contributed by atoms with Gasteiger partial charge in [0.25, 0.3) is 0 Å². The lowest BCUT2D eigenvalue weighted by Gasteiger charge is -2.37. The fourth-order valence-electron chi connectivity index (χ4n) is 2.45. The maximum Gasteiger partial charge on any atom is 0.0795 e. The highest BCUT2D eigenvalue weighted by Crippen LogP contribution is 2.17. The third-order valence-electron chi connectivity index (χ3n) is 3.48. The Morgan fingerprint density at radius 2 is 2.50 bits per heavy atom. The van der Waals surface area contributed by atoms with Gasteiger partial charge >= 0.3 is 0 Å². The van der Waals surface area contributed by atoms with Crippen molar-refractivity contribution in [1.29, 1.82) is 0 Å². The Morgan fingerprint density at radius 1 is 1.62 bits per heavy atom. The second-order valence-electron chi connectivity index (χ2n) is 4.56. The monoisotopic (exact) mass is 239 g/mol. The molecule has 0 spiro atoms. The van der Waals surface area contributed by atoms with Crippen molar-refractivity contribution in [3.63, 3.8) is 0 Å². The summed E-state index contributed by atoms with van der Waals surface area (Å²) in [5.74, 6) is 0. The third kappa shape index (κ3) is 3.03. The molecular weight excluding hydrogens is 218 g/mol. The van der Waals surface area contributed by atoms with Crippen molar-refractivity contribution in [2.75, 3.05) is 13.1 Å². The molecule has 2 rings (SSSR count). The van der Waals surface area contributed by atoms with Gasteiger partial charge in [-0.3, -0.25) is 0 Å². The van der Waals surface area contributed by atoms with Crippen molar-refractivity contribution in [3.05, 3.63) is 16.6 Å². The fraction of sp³-hybridized carbons (Fsp3) is 0.750. The van der Waals surface area contributed by atoms with Crippen LogP contribution in [-0.4, -0.2) is 35.1 Å². The summed E-state index contributed by atoms with van der Waals surface area (Å²) in [7, 11) is 0. The first-order valence-corrected chi connectivity index (χ1v) is 7.08. The van der Waals surface area contributed by atoms with Crippen molar-refractivity contribution < 1.29 is 0 Å². The zero-order valence-electron chi connectivity index (χ0n) is 10.1. The predicted octanol–water partition coefficient (Wildman–Crippen LogP) is 2.11. The van der Waals surface area contributed by atoms with E-state index in [4.69, 9.17) is 0 Å². The molecule has 1 fully saturated rings. The number of piperidine rings is 1. The predicted molar refractivity (Wildman–Crippen MR) is 68.7 cm³/mol. The smallest absolute Gasteiger partial charge is 0.0795 e. The number of nitrogens with one attached hydrogen (secondary N) is 1. The van der Waals surface area contributed by atoms with E-state index in [9.17, 15) is 0 Å². The summed E-state index contributed by atoms with van der Waals surface area (Å²) in [6, 6.07) is 1.38. The average Bonchev–Trinajstić information content (AvgIpc) is 2.79. The number of hydrogen-bond donors (Lipinski definition) is 1. The van der Waals surface area contributed by atoms with E-state index in [2.05, 4.69) is 34.4 Å². The summed E-state index contributed by atoms with van der Waals surface area (Å²) >= 11 is 1.67. The second-order valence-corrected chi connectivity index (χ2v) is 5.28.